The van der Waals surface area contributed by atoms with Crippen LogP contribution in [-0.4, -0.2) is 59.2 Å². The van der Waals surface area contributed by atoms with Gasteiger partial charge in [0.15, 0.2) is 5.76 Å². The van der Waals surface area contributed by atoms with Crippen LogP contribution in [0.25, 0.3) is 44.7 Å². The van der Waals surface area contributed by atoms with Gasteiger partial charge in [0.25, 0.3) is 5.91 Å². The Hall–Kier alpha value is -4.24. The van der Waals surface area contributed by atoms with Gasteiger partial charge in [-0.2, -0.15) is 10.2 Å². The zero-order chi connectivity index (χ0) is 25.7. The first-order chi connectivity index (χ1) is 17.8. The van der Waals surface area contributed by atoms with Crippen molar-refractivity contribution in [1.29, 1.82) is 0 Å². The van der Waals surface area contributed by atoms with Gasteiger partial charge in [-0.1, -0.05) is 23.4 Å². The molecule has 5 aromatic rings. The van der Waals surface area contributed by atoms with E-state index >= 15 is 0 Å². The summed E-state index contributed by atoms with van der Waals surface area (Å²) in [6, 6.07) is 15.1. The number of carbonyl (C=O) groups is 1. The molecule has 0 radical (unpaired) electrons. The number of hydrogen-bond acceptors (Lipinski definition) is 6. The molecule has 37 heavy (non-hydrogen) atoms. The summed E-state index contributed by atoms with van der Waals surface area (Å²) in [5.74, 6) is 0.492. The molecule has 1 saturated heterocycles. The van der Waals surface area contributed by atoms with Crippen molar-refractivity contribution in [2.24, 2.45) is 7.05 Å². The Bertz CT molecular complexity index is 1590. The first-order valence-corrected chi connectivity index (χ1v) is 12.4. The number of fused-ring (bicyclic) bond motifs is 1. The number of aryl methyl sites for hydroxylation is 1. The Morgan fingerprint density at radius 2 is 1.89 bits per heavy atom. The summed E-state index contributed by atoms with van der Waals surface area (Å²) in [4.78, 5) is 14.9. The van der Waals surface area contributed by atoms with Crippen molar-refractivity contribution >= 4 is 16.8 Å². The lowest BCUT2D eigenvalue weighted by Gasteiger charge is -2.33. The summed E-state index contributed by atoms with van der Waals surface area (Å²) in [6.45, 7) is 4.18. The third kappa shape index (κ3) is 4.21. The topological polar surface area (TPSA) is 113 Å². The highest BCUT2D eigenvalue weighted by molar-refractivity contribution is 5.96. The number of aromatic amines is 1. The van der Waals surface area contributed by atoms with Crippen LogP contribution >= 0.6 is 0 Å². The number of amides is 1. The number of likely N-dealkylation sites (tertiary alicyclic amines) is 1. The fraction of sp³-hybridized carbons (Fsp3) is 0.286. The summed E-state index contributed by atoms with van der Waals surface area (Å²) >= 11 is 0. The van der Waals surface area contributed by atoms with E-state index in [9.17, 15) is 9.90 Å². The summed E-state index contributed by atoms with van der Waals surface area (Å²) < 4.78 is 7.42. The number of nitrogens with zero attached hydrogens (tertiary/aromatic N) is 5. The molecule has 1 amide bonds. The molecule has 2 aromatic carbocycles. The van der Waals surface area contributed by atoms with E-state index in [-0.39, 0.29) is 11.9 Å². The third-order valence-electron chi connectivity index (χ3n) is 7.10. The van der Waals surface area contributed by atoms with E-state index in [0.29, 0.717) is 29.3 Å². The van der Waals surface area contributed by atoms with Crippen LogP contribution in [-0.2, 0) is 7.05 Å². The molecule has 188 valence electrons. The third-order valence-corrected chi connectivity index (χ3v) is 7.10. The largest absolute Gasteiger partial charge is 0.388 e. The highest BCUT2D eigenvalue weighted by Gasteiger charge is 2.38. The molecule has 1 aliphatic rings. The van der Waals surface area contributed by atoms with Gasteiger partial charge in [0.05, 0.1) is 23.4 Å². The summed E-state index contributed by atoms with van der Waals surface area (Å²) in [5.41, 5.74) is 4.81. The van der Waals surface area contributed by atoms with Crippen LogP contribution in [0.15, 0.2) is 65.4 Å². The van der Waals surface area contributed by atoms with Crippen LogP contribution < -0.4 is 0 Å². The molecular weight excluding hydrogens is 468 g/mol. The Kier molecular flexibility index (Phi) is 5.45. The van der Waals surface area contributed by atoms with Gasteiger partial charge in [0.2, 0.25) is 0 Å². The van der Waals surface area contributed by atoms with E-state index < -0.39 is 5.60 Å². The van der Waals surface area contributed by atoms with Crippen LogP contribution in [0.1, 0.15) is 37.0 Å². The van der Waals surface area contributed by atoms with Gasteiger partial charge < -0.3 is 14.5 Å². The number of H-pyrrole nitrogens is 1. The normalized spacial score (nSPS) is 16.1. The average Bonchev–Trinajstić information content (AvgIpc) is 3.68. The molecule has 6 rings (SSSR count). The quantitative estimate of drug-likeness (QED) is 0.366. The maximum absolute atomic E-state index is 13.1. The number of hydrogen-bond donors (Lipinski definition) is 2. The van der Waals surface area contributed by atoms with Gasteiger partial charge in [0, 0.05) is 47.9 Å². The molecule has 9 nitrogen and oxygen atoms in total. The molecule has 4 heterocycles. The predicted octanol–water partition coefficient (Wildman–Crippen LogP) is 4.66. The molecule has 0 aliphatic carbocycles. The fourth-order valence-electron chi connectivity index (χ4n) is 5.17. The van der Waals surface area contributed by atoms with Crippen LogP contribution in [0.2, 0.25) is 0 Å². The van der Waals surface area contributed by atoms with Crippen molar-refractivity contribution < 1.29 is 14.4 Å². The minimum Gasteiger partial charge on any atom is -0.388 e. The van der Waals surface area contributed by atoms with Crippen molar-refractivity contribution in [1.82, 2.24) is 30.0 Å². The van der Waals surface area contributed by atoms with Crippen LogP contribution in [0, 0.1) is 0 Å². The minimum absolute atomic E-state index is 0.0642. The van der Waals surface area contributed by atoms with Gasteiger partial charge in [-0.25, -0.2) is 0 Å². The molecule has 3 aromatic heterocycles. The monoisotopic (exact) mass is 496 g/mol. The molecular formula is C28H28N6O3. The number of aliphatic hydroxyl groups is 1. The molecule has 1 fully saturated rings. The van der Waals surface area contributed by atoms with Crippen LogP contribution in [0.4, 0.5) is 0 Å². The lowest BCUT2D eigenvalue weighted by Crippen LogP contribution is -2.48. The first-order valence-electron chi connectivity index (χ1n) is 12.4. The lowest BCUT2D eigenvalue weighted by molar-refractivity contribution is 0.000337. The van der Waals surface area contributed by atoms with Gasteiger partial charge in [-0.05, 0) is 56.5 Å². The molecule has 1 atom stereocenters. The van der Waals surface area contributed by atoms with E-state index in [4.69, 9.17) is 4.52 Å². The Labute approximate surface area is 213 Å². The van der Waals surface area contributed by atoms with E-state index in [1.807, 2.05) is 55.8 Å². The zero-order valence-corrected chi connectivity index (χ0v) is 21.0. The molecule has 2 N–H and O–H groups in total. The van der Waals surface area contributed by atoms with Gasteiger partial charge in [0.1, 0.15) is 11.4 Å². The summed E-state index contributed by atoms with van der Waals surface area (Å²) in [5, 5.41) is 27.4. The van der Waals surface area contributed by atoms with Crippen molar-refractivity contribution in [2.75, 3.05) is 6.54 Å². The number of nitrogens with one attached hydrogen (secondary N) is 1. The Morgan fingerprint density at radius 1 is 1.11 bits per heavy atom. The van der Waals surface area contributed by atoms with Crippen molar-refractivity contribution in [3.63, 3.8) is 0 Å². The lowest BCUT2D eigenvalue weighted by atomic mass is 9.96. The molecule has 0 saturated carbocycles. The number of benzene rings is 2. The molecule has 0 unspecified atom stereocenters. The van der Waals surface area contributed by atoms with Crippen LogP contribution in [0.5, 0.6) is 0 Å². The van der Waals surface area contributed by atoms with Crippen LogP contribution in [0.3, 0.4) is 0 Å². The molecule has 9 heteroatoms. The van der Waals surface area contributed by atoms with E-state index in [1.165, 1.54) is 0 Å². The SMILES string of the molecule is Cn1cc(-c2ccc3c(-c4cc(-c5ccc(C(=O)N6CCC[C@@H]6C(C)(C)O)cc5)no4)n[nH]c3c2)cn1. The molecule has 1 aliphatic heterocycles. The second kappa shape index (κ2) is 8.70. The van der Waals surface area contributed by atoms with Gasteiger partial charge >= 0.3 is 0 Å². The number of aromatic nitrogens is 5. The predicted molar refractivity (Wildman–Crippen MR) is 140 cm³/mol. The Balaban J connectivity index is 1.23. The zero-order valence-electron chi connectivity index (χ0n) is 21.0. The Morgan fingerprint density at radius 3 is 2.62 bits per heavy atom. The minimum atomic E-state index is -0.931. The van der Waals surface area contributed by atoms with E-state index in [0.717, 1.165) is 40.4 Å². The van der Waals surface area contributed by atoms with Gasteiger partial charge in [-0.15, -0.1) is 0 Å². The van der Waals surface area contributed by atoms with Crippen molar-refractivity contribution in [3.8, 4) is 33.8 Å². The maximum Gasteiger partial charge on any atom is 0.254 e. The first kappa shape index (κ1) is 23.2. The van der Waals surface area contributed by atoms with E-state index in [2.05, 4.69) is 20.5 Å². The van der Waals surface area contributed by atoms with Crippen molar-refractivity contribution in [3.05, 3.63) is 66.5 Å². The second-order valence-corrected chi connectivity index (χ2v) is 10.2. The number of rotatable bonds is 5. The second-order valence-electron chi connectivity index (χ2n) is 10.2. The molecule has 0 bridgehead atoms. The highest BCUT2D eigenvalue weighted by Crippen LogP contribution is 2.33. The van der Waals surface area contributed by atoms with E-state index in [1.54, 1.807) is 35.6 Å². The molecule has 0 spiro atoms. The fourth-order valence-corrected chi connectivity index (χ4v) is 5.17. The smallest absolute Gasteiger partial charge is 0.254 e. The number of carbonyl (C=O) groups excluding carboxylic acids is 1. The van der Waals surface area contributed by atoms with Gasteiger partial charge in [-0.3, -0.25) is 14.6 Å². The summed E-state index contributed by atoms with van der Waals surface area (Å²) in [6.07, 6.45) is 5.50. The highest BCUT2D eigenvalue weighted by atomic mass is 16.5. The maximum atomic E-state index is 13.1. The summed E-state index contributed by atoms with van der Waals surface area (Å²) in [7, 11) is 1.89. The average molecular weight is 497 g/mol. The standard InChI is InChI=1S/C28H28N6O3/c1-28(2,36)25-5-4-12-34(25)27(35)18-8-6-17(7-9-18)22-14-24(37-32-22)26-21-11-10-19(13-23(21)30-31-26)20-15-29-33(3)16-20/h6-11,13-16,25,36H,4-5,12H2,1-3H3,(H,30,31)/t25-/m1/s1. The van der Waals surface area contributed by atoms with Crippen molar-refractivity contribution in [2.45, 2.75) is 38.3 Å².